The summed E-state index contributed by atoms with van der Waals surface area (Å²) in [7, 11) is 0. The van der Waals surface area contributed by atoms with E-state index in [1.165, 1.54) is 10.7 Å². The van der Waals surface area contributed by atoms with Gasteiger partial charge in [0.1, 0.15) is 5.75 Å². The van der Waals surface area contributed by atoms with Gasteiger partial charge in [0.05, 0.1) is 29.6 Å². The first-order valence-electron chi connectivity index (χ1n) is 8.62. The van der Waals surface area contributed by atoms with Crippen molar-refractivity contribution in [2.45, 2.75) is 53.6 Å². The fourth-order valence-electron chi connectivity index (χ4n) is 2.50. The van der Waals surface area contributed by atoms with Gasteiger partial charge in [-0.3, -0.25) is 4.79 Å². The summed E-state index contributed by atoms with van der Waals surface area (Å²) in [5.74, 6) is 0.0481. The van der Waals surface area contributed by atoms with Gasteiger partial charge in [-0.25, -0.2) is 4.52 Å². The van der Waals surface area contributed by atoms with Crippen molar-refractivity contribution in [3.05, 3.63) is 29.6 Å². The van der Waals surface area contributed by atoms with Crippen LogP contribution in [0.2, 0.25) is 0 Å². The normalized spacial score (nSPS) is 12.8. The third-order valence-electron chi connectivity index (χ3n) is 3.83. The average molecular weight is 370 g/mol. The van der Waals surface area contributed by atoms with Crippen molar-refractivity contribution in [3.8, 4) is 5.75 Å². The van der Waals surface area contributed by atoms with E-state index in [0.29, 0.717) is 29.1 Å². The van der Waals surface area contributed by atoms with Gasteiger partial charge in [-0.15, -0.1) is 0 Å². The van der Waals surface area contributed by atoms with Crippen LogP contribution in [-0.2, 0) is 6.42 Å². The number of aryl methyl sites for hydroxylation is 1. The molecule has 0 radical (unpaired) electrons. The summed E-state index contributed by atoms with van der Waals surface area (Å²) < 4.78 is 45.5. The van der Waals surface area contributed by atoms with Crippen LogP contribution in [0.5, 0.6) is 5.75 Å². The van der Waals surface area contributed by atoms with Gasteiger partial charge < -0.3 is 4.74 Å². The molecule has 144 valence electrons. The van der Waals surface area contributed by atoms with Gasteiger partial charge in [-0.05, 0) is 17.5 Å². The molecule has 2 aromatic heterocycles. The fourth-order valence-corrected chi connectivity index (χ4v) is 2.50. The van der Waals surface area contributed by atoms with Crippen LogP contribution in [0.3, 0.4) is 0 Å². The SMILES string of the molecule is CC(C)C(=O)c1cnn2c(CCC(F)(F)F)c(OCC(C)(C)C)ccc12. The number of carbonyl (C=O) groups excluding carboxylic acids is 1. The molecular formula is C19H25F3N2O2. The van der Waals surface area contributed by atoms with Crippen LogP contribution in [-0.4, -0.2) is 28.2 Å². The average Bonchev–Trinajstić information content (AvgIpc) is 2.92. The number of rotatable bonds is 6. The Hall–Kier alpha value is -2.05. The lowest BCUT2D eigenvalue weighted by molar-refractivity contribution is -0.134. The van der Waals surface area contributed by atoms with E-state index < -0.39 is 12.6 Å². The van der Waals surface area contributed by atoms with Gasteiger partial charge in [-0.1, -0.05) is 34.6 Å². The molecule has 0 unspecified atom stereocenters. The van der Waals surface area contributed by atoms with Crippen LogP contribution in [0.1, 0.15) is 57.1 Å². The third kappa shape index (κ3) is 4.99. The number of ether oxygens (including phenoxy) is 1. The van der Waals surface area contributed by atoms with E-state index in [1.54, 1.807) is 26.0 Å². The number of ketones is 1. The lowest BCUT2D eigenvalue weighted by atomic mass is 9.98. The standard InChI is InChI=1S/C19H25F3N2O2/c1-12(2)17(25)13-10-23-24-14(13)6-7-16(26-11-18(3,4)5)15(24)8-9-19(20,21)22/h6-7,10,12H,8-9,11H2,1-5H3. The van der Waals surface area contributed by atoms with Crippen molar-refractivity contribution in [3.63, 3.8) is 0 Å². The van der Waals surface area contributed by atoms with Crippen LogP contribution >= 0.6 is 0 Å². The molecule has 0 aromatic carbocycles. The van der Waals surface area contributed by atoms with Gasteiger partial charge in [0.25, 0.3) is 0 Å². The van der Waals surface area contributed by atoms with E-state index in [4.69, 9.17) is 4.74 Å². The van der Waals surface area contributed by atoms with Crippen molar-refractivity contribution >= 4 is 11.3 Å². The molecule has 2 aromatic rings. The monoisotopic (exact) mass is 370 g/mol. The van der Waals surface area contributed by atoms with Gasteiger partial charge in [0.2, 0.25) is 0 Å². The maximum Gasteiger partial charge on any atom is 0.389 e. The lowest BCUT2D eigenvalue weighted by Crippen LogP contribution is -2.19. The Morgan fingerprint density at radius 1 is 1.23 bits per heavy atom. The second-order valence-corrected chi connectivity index (χ2v) is 7.98. The van der Waals surface area contributed by atoms with E-state index in [-0.39, 0.29) is 23.5 Å². The van der Waals surface area contributed by atoms with E-state index in [0.717, 1.165) is 0 Å². The molecule has 26 heavy (non-hydrogen) atoms. The number of Topliss-reactive ketones (excluding diaryl/α,β-unsaturated/α-hetero) is 1. The molecule has 0 amide bonds. The molecule has 7 heteroatoms. The first kappa shape index (κ1) is 20.3. The Morgan fingerprint density at radius 3 is 2.42 bits per heavy atom. The summed E-state index contributed by atoms with van der Waals surface area (Å²) in [5, 5.41) is 4.18. The maximum absolute atomic E-state index is 12.8. The number of alkyl halides is 3. The molecule has 0 N–H and O–H groups in total. The van der Waals surface area contributed by atoms with Crippen molar-refractivity contribution in [1.82, 2.24) is 9.61 Å². The smallest absolute Gasteiger partial charge is 0.389 e. The highest BCUT2D eigenvalue weighted by Crippen LogP contribution is 2.30. The Kier molecular flexibility index (Phi) is 5.68. The number of aromatic nitrogens is 2. The van der Waals surface area contributed by atoms with E-state index >= 15 is 0 Å². The number of carbonyl (C=O) groups is 1. The fraction of sp³-hybridized carbons (Fsp3) is 0.579. The first-order valence-corrected chi connectivity index (χ1v) is 8.62. The summed E-state index contributed by atoms with van der Waals surface area (Å²) in [6, 6.07) is 3.31. The lowest BCUT2D eigenvalue weighted by Gasteiger charge is -2.21. The molecule has 2 heterocycles. The van der Waals surface area contributed by atoms with Crippen LogP contribution in [0.15, 0.2) is 18.3 Å². The summed E-state index contributed by atoms with van der Waals surface area (Å²) in [6.07, 6.45) is -4.11. The maximum atomic E-state index is 12.8. The minimum atomic E-state index is -4.28. The topological polar surface area (TPSA) is 43.6 Å². The summed E-state index contributed by atoms with van der Waals surface area (Å²) in [5.41, 5.74) is 1.10. The highest BCUT2D eigenvalue weighted by Gasteiger charge is 2.29. The number of pyridine rings is 1. The number of hydrogen-bond acceptors (Lipinski definition) is 3. The molecule has 0 saturated heterocycles. The Balaban J connectivity index is 2.48. The van der Waals surface area contributed by atoms with Gasteiger partial charge >= 0.3 is 6.18 Å². The van der Waals surface area contributed by atoms with Crippen molar-refractivity contribution < 1.29 is 22.7 Å². The summed E-state index contributed by atoms with van der Waals surface area (Å²) >= 11 is 0. The molecule has 0 bridgehead atoms. The number of fused-ring (bicyclic) bond motifs is 1. The molecule has 0 spiro atoms. The number of hydrogen-bond donors (Lipinski definition) is 0. The zero-order chi connectivity index (χ0) is 19.7. The van der Waals surface area contributed by atoms with Crippen LogP contribution in [0, 0.1) is 11.3 Å². The molecule has 4 nitrogen and oxygen atoms in total. The van der Waals surface area contributed by atoms with E-state index in [1.807, 2.05) is 20.8 Å². The van der Waals surface area contributed by atoms with Crippen molar-refractivity contribution in [1.29, 1.82) is 0 Å². The molecule has 0 aliphatic rings. The molecule has 0 aliphatic heterocycles. The molecule has 0 saturated carbocycles. The second-order valence-electron chi connectivity index (χ2n) is 7.98. The third-order valence-corrected chi connectivity index (χ3v) is 3.83. The van der Waals surface area contributed by atoms with E-state index in [9.17, 15) is 18.0 Å². The zero-order valence-corrected chi connectivity index (χ0v) is 15.8. The predicted molar refractivity (Wildman–Crippen MR) is 93.7 cm³/mol. The molecule has 0 aliphatic carbocycles. The first-order chi connectivity index (χ1) is 11.9. The second kappa shape index (κ2) is 7.29. The van der Waals surface area contributed by atoms with Crippen LogP contribution in [0.4, 0.5) is 13.2 Å². The van der Waals surface area contributed by atoms with Gasteiger partial charge in [0, 0.05) is 18.8 Å². The number of nitrogens with zero attached hydrogens (tertiary/aromatic N) is 2. The molecule has 0 atom stereocenters. The van der Waals surface area contributed by atoms with Gasteiger partial charge in [0.15, 0.2) is 5.78 Å². The highest BCUT2D eigenvalue weighted by molar-refractivity contribution is 6.03. The predicted octanol–water partition coefficient (Wildman–Crippen LogP) is 5.09. The Morgan fingerprint density at radius 2 is 1.88 bits per heavy atom. The molecule has 2 rings (SSSR count). The van der Waals surface area contributed by atoms with Crippen LogP contribution in [0.25, 0.3) is 5.52 Å². The largest absolute Gasteiger partial charge is 0.491 e. The minimum Gasteiger partial charge on any atom is -0.491 e. The van der Waals surface area contributed by atoms with Crippen molar-refractivity contribution in [2.75, 3.05) is 6.61 Å². The van der Waals surface area contributed by atoms with Crippen LogP contribution < -0.4 is 4.74 Å². The Bertz CT molecular complexity index is 786. The molecule has 0 fully saturated rings. The Labute approximate surface area is 151 Å². The summed E-state index contributed by atoms with van der Waals surface area (Å²) in [6.45, 7) is 9.85. The quantitative estimate of drug-likeness (QED) is 0.665. The van der Waals surface area contributed by atoms with Gasteiger partial charge in [-0.2, -0.15) is 18.3 Å². The zero-order valence-electron chi connectivity index (χ0n) is 15.8. The number of halogens is 3. The highest BCUT2D eigenvalue weighted by atomic mass is 19.4. The molecular weight excluding hydrogens is 345 g/mol. The minimum absolute atomic E-state index is 0.0925. The van der Waals surface area contributed by atoms with E-state index in [2.05, 4.69) is 5.10 Å². The summed E-state index contributed by atoms with van der Waals surface area (Å²) in [4.78, 5) is 12.3. The van der Waals surface area contributed by atoms with Crippen molar-refractivity contribution in [2.24, 2.45) is 11.3 Å².